The van der Waals surface area contributed by atoms with E-state index in [4.69, 9.17) is 16.9 Å². The first kappa shape index (κ1) is 34.9. The van der Waals surface area contributed by atoms with Crippen LogP contribution in [0.2, 0.25) is 0 Å². The summed E-state index contributed by atoms with van der Waals surface area (Å²) in [5.41, 5.74) is 24.3. The summed E-state index contributed by atoms with van der Waals surface area (Å²) in [6, 6.07) is 55.7. The fourth-order valence-corrected chi connectivity index (χ4v) is 5.59. The molecule has 0 heterocycles. The van der Waals surface area contributed by atoms with Crippen LogP contribution in [0.3, 0.4) is 0 Å². The number of aryl methyl sites for hydroxylation is 1. The molecule has 50 heavy (non-hydrogen) atoms. The van der Waals surface area contributed by atoms with Crippen LogP contribution in [0.5, 0.6) is 0 Å². The first-order valence-electron chi connectivity index (χ1n) is 16.8. The van der Waals surface area contributed by atoms with Gasteiger partial charge in [0.2, 0.25) is 0 Å². The van der Waals surface area contributed by atoms with Crippen molar-refractivity contribution in [3.63, 3.8) is 0 Å². The summed E-state index contributed by atoms with van der Waals surface area (Å²) in [5.74, 6) is 0. The normalized spacial score (nSPS) is 10.4. The van der Waals surface area contributed by atoms with Crippen LogP contribution in [0, 0.1) is 12.3 Å². The van der Waals surface area contributed by atoms with Crippen LogP contribution >= 0.6 is 0 Å². The standard InChI is InChI=1S/C20H18.C19H19N3.C7H7N/c1-16-7-11-19(12-8-16)20-13-9-18(10-14-20)15-17-5-3-2-4-6-17;1-2-8-16-17(20)14-11-6-7-12-15(14)19(18(16)21)22-13-9-4-3-5-10-13;8-6-7-4-2-1-3-5-7/h2-14H,15H2,1H3;2-12,22H,20-21H2,1H3;1-6,8H/b;8-2-;. The lowest BCUT2D eigenvalue weighted by molar-refractivity contribution is 1.19. The van der Waals surface area contributed by atoms with E-state index in [2.05, 4.69) is 91.1 Å². The maximum Gasteiger partial charge on any atom is 0.0705 e. The van der Waals surface area contributed by atoms with Gasteiger partial charge in [-0.2, -0.15) is 0 Å². The number of benzene rings is 7. The number of nitrogen functional groups attached to an aromatic ring is 2. The quantitative estimate of drug-likeness (QED) is 0.102. The first-order valence-corrected chi connectivity index (χ1v) is 16.8. The zero-order valence-electron chi connectivity index (χ0n) is 28.7. The third-order valence-corrected chi connectivity index (χ3v) is 8.27. The summed E-state index contributed by atoms with van der Waals surface area (Å²) in [6.45, 7) is 4.07. The molecule has 0 aliphatic carbocycles. The van der Waals surface area contributed by atoms with Crippen molar-refractivity contribution in [2.24, 2.45) is 0 Å². The van der Waals surface area contributed by atoms with Gasteiger partial charge < -0.3 is 22.2 Å². The Kier molecular flexibility index (Phi) is 12.3. The van der Waals surface area contributed by atoms with Gasteiger partial charge in [-0.3, -0.25) is 0 Å². The Morgan fingerprint density at radius 1 is 0.560 bits per heavy atom. The monoisotopic (exact) mass is 652 g/mol. The molecule has 0 fully saturated rings. The molecule has 0 bridgehead atoms. The van der Waals surface area contributed by atoms with E-state index in [1.807, 2.05) is 104 Å². The van der Waals surface area contributed by atoms with E-state index in [1.54, 1.807) is 0 Å². The topological polar surface area (TPSA) is 87.9 Å². The van der Waals surface area contributed by atoms with Crippen molar-refractivity contribution < 1.29 is 0 Å². The molecule has 0 unspecified atom stereocenters. The summed E-state index contributed by atoms with van der Waals surface area (Å²) in [5, 5.41) is 12.3. The molecule has 0 atom stereocenters. The number of anilines is 4. The predicted molar refractivity (Wildman–Crippen MR) is 217 cm³/mol. The molecule has 7 rings (SSSR count). The Labute approximate surface area is 296 Å². The molecule has 248 valence electrons. The number of nitrogens with two attached hydrogens (primary N) is 2. The highest BCUT2D eigenvalue weighted by molar-refractivity contribution is 6.11. The number of hydrogen-bond acceptors (Lipinski definition) is 4. The molecule has 6 N–H and O–H groups in total. The average Bonchev–Trinajstić information content (AvgIpc) is 3.17. The van der Waals surface area contributed by atoms with Gasteiger partial charge in [0.1, 0.15) is 0 Å². The Morgan fingerprint density at radius 3 is 1.62 bits per heavy atom. The molecule has 0 radical (unpaired) electrons. The fourth-order valence-electron chi connectivity index (χ4n) is 5.59. The van der Waals surface area contributed by atoms with Gasteiger partial charge in [0.05, 0.1) is 11.4 Å². The Morgan fingerprint density at radius 2 is 1.06 bits per heavy atom. The van der Waals surface area contributed by atoms with Crippen molar-refractivity contribution >= 4 is 45.8 Å². The summed E-state index contributed by atoms with van der Waals surface area (Å²) in [4.78, 5) is 0. The molecule has 4 heteroatoms. The van der Waals surface area contributed by atoms with Gasteiger partial charge in [0, 0.05) is 33.9 Å². The molecule has 7 aromatic rings. The fraction of sp³-hybridized carbons (Fsp3) is 0.0652. The van der Waals surface area contributed by atoms with E-state index < -0.39 is 0 Å². The largest absolute Gasteiger partial charge is 0.398 e. The molecule has 0 aliphatic rings. The molecule has 0 aromatic heterocycles. The van der Waals surface area contributed by atoms with Gasteiger partial charge in [0.15, 0.2) is 0 Å². The van der Waals surface area contributed by atoms with Gasteiger partial charge >= 0.3 is 0 Å². The smallest absolute Gasteiger partial charge is 0.0705 e. The van der Waals surface area contributed by atoms with E-state index in [9.17, 15) is 0 Å². The maximum absolute atomic E-state index is 6.82. The molecular weight excluding hydrogens is 609 g/mol. The van der Waals surface area contributed by atoms with E-state index in [1.165, 1.54) is 34.0 Å². The lowest BCUT2D eigenvalue weighted by Crippen LogP contribution is -2.03. The summed E-state index contributed by atoms with van der Waals surface area (Å²) in [6.07, 6.45) is 6.23. The minimum Gasteiger partial charge on any atom is -0.398 e. The van der Waals surface area contributed by atoms with E-state index in [0.29, 0.717) is 11.4 Å². The highest BCUT2D eigenvalue weighted by atomic mass is 14.9. The van der Waals surface area contributed by atoms with Crippen molar-refractivity contribution in [1.29, 1.82) is 5.41 Å². The Bertz CT molecular complexity index is 2120. The lowest BCUT2D eigenvalue weighted by Gasteiger charge is -2.17. The highest BCUT2D eigenvalue weighted by Crippen LogP contribution is 2.40. The molecule has 0 saturated heterocycles. The third-order valence-electron chi connectivity index (χ3n) is 8.27. The number of rotatable bonds is 7. The highest BCUT2D eigenvalue weighted by Gasteiger charge is 2.14. The Balaban J connectivity index is 0.000000160. The SMILES string of the molecule is C/C=C\c1c(N)c(Nc2ccccc2)c2ccccc2c1N.Cc1ccc(-c2ccc(Cc3ccccc3)cc2)cc1.N=Cc1ccccc1. The molecule has 0 aliphatic heterocycles. The molecule has 7 aromatic carbocycles. The summed E-state index contributed by atoms with van der Waals surface area (Å²) in [7, 11) is 0. The maximum atomic E-state index is 6.82. The minimum absolute atomic E-state index is 0.665. The average molecular weight is 653 g/mol. The van der Waals surface area contributed by atoms with Crippen molar-refractivity contribution in [3.05, 3.63) is 198 Å². The summed E-state index contributed by atoms with van der Waals surface area (Å²) < 4.78 is 0. The van der Waals surface area contributed by atoms with Gasteiger partial charge in [-0.25, -0.2) is 0 Å². The van der Waals surface area contributed by atoms with E-state index in [-0.39, 0.29) is 0 Å². The summed E-state index contributed by atoms with van der Waals surface area (Å²) >= 11 is 0. The van der Waals surface area contributed by atoms with Crippen molar-refractivity contribution in [2.45, 2.75) is 20.3 Å². The zero-order chi connectivity index (χ0) is 35.1. The van der Waals surface area contributed by atoms with Crippen LogP contribution in [0.1, 0.15) is 34.7 Å². The molecular formula is C46H44N4. The van der Waals surface area contributed by atoms with Gasteiger partial charge in [-0.05, 0) is 60.2 Å². The lowest BCUT2D eigenvalue weighted by atomic mass is 9.99. The zero-order valence-corrected chi connectivity index (χ0v) is 28.7. The van der Waals surface area contributed by atoms with Crippen LogP contribution < -0.4 is 16.8 Å². The van der Waals surface area contributed by atoms with Crippen molar-refractivity contribution in [2.75, 3.05) is 16.8 Å². The first-order chi connectivity index (χ1) is 24.5. The van der Waals surface area contributed by atoms with Crippen molar-refractivity contribution in [1.82, 2.24) is 0 Å². The molecule has 0 spiro atoms. The van der Waals surface area contributed by atoms with Crippen LogP contribution in [-0.2, 0) is 6.42 Å². The van der Waals surface area contributed by atoms with E-state index in [0.717, 1.165) is 39.7 Å². The second-order valence-corrected chi connectivity index (χ2v) is 11.9. The second kappa shape index (κ2) is 17.7. The third kappa shape index (κ3) is 9.36. The van der Waals surface area contributed by atoms with E-state index >= 15 is 0 Å². The molecule has 0 saturated carbocycles. The van der Waals surface area contributed by atoms with Gasteiger partial charge in [0.25, 0.3) is 0 Å². The Hall–Kier alpha value is -6.39. The van der Waals surface area contributed by atoms with Crippen LogP contribution in [0.15, 0.2) is 170 Å². The van der Waals surface area contributed by atoms with Gasteiger partial charge in [-0.1, -0.05) is 169 Å². The second-order valence-electron chi connectivity index (χ2n) is 11.9. The van der Waals surface area contributed by atoms with Crippen LogP contribution in [0.25, 0.3) is 28.0 Å². The molecule has 0 amide bonds. The number of allylic oxidation sites excluding steroid dienone is 1. The number of nitrogens with one attached hydrogen (secondary N) is 2. The van der Waals surface area contributed by atoms with Crippen LogP contribution in [0.4, 0.5) is 22.7 Å². The van der Waals surface area contributed by atoms with Crippen LogP contribution in [-0.4, -0.2) is 6.21 Å². The predicted octanol–water partition coefficient (Wildman–Crippen LogP) is 11.7. The van der Waals surface area contributed by atoms with Crippen molar-refractivity contribution in [3.8, 4) is 11.1 Å². The minimum atomic E-state index is 0.665. The number of hydrogen-bond donors (Lipinski definition) is 4. The van der Waals surface area contributed by atoms with Gasteiger partial charge in [-0.15, -0.1) is 0 Å². The molecule has 4 nitrogen and oxygen atoms in total. The number of para-hydroxylation sites is 1. The number of fused-ring (bicyclic) bond motifs is 1.